The fraction of sp³-hybridized carbons (Fsp3) is 0.0769. The van der Waals surface area contributed by atoms with Crippen LogP contribution < -0.4 is 0 Å². The highest BCUT2D eigenvalue weighted by Gasteiger charge is 2.16. The Morgan fingerprint density at radius 3 is 2.56 bits per heavy atom. The maximum atomic E-state index is 9.22. The molecule has 0 radical (unpaired) electrons. The van der Waals surface area contributed by atoms with Crippen LogP contribution in [-0.2, 0) is 0 Å². The molecule has 0 amide bonds. The highest BCUT2D eigenvalue weighted by molar-refractivity contribution is 7.08. The summed E-state index contributed by atoms with van der Waals surface area (Å²) in [5.74, 6) is -0.345. The maximum Gasteiger partial charge on any atom is 0.0995 e. The molecular formula is C13H8N2S. The first kappa shape index (κ1) is 10.4. The van der Waals surface area contributed by atoms with Crippen molar-refractivity contribution in [2.45, 2.75) is 5.92 Å². The van der Waals surface area contributed by atoms with E-state index in [1.807, 2.05) is 35.0 Å². The predicted molar refractivity (Wildman–Crippen MR) is 62.9 cm³/mol. The van der Waals surface area contributed by atoms with Gasteiger partial charge in [0.15, 0.2) is 0 Å². The van der Waals surface area contributed by atoms with Crippen LogP contribution in [0.4, 0.5) is 0 Å². The van der Waals surface area contributed by atoms with Crippen LogP contribution in [0.5, 0.6) is 0 Å². The van der Waals surface area contributed by atoms with E-state index in [2.05, 4.69) is 12.1 Å². The van der Waals surface area contributed by atoms with Gasteiger partial charge in [0.05, 0.1) is 23.6 Å². The van der Waals surface area contributed by atoms with Crippen LogP contribution in [0.2, 0.25) is 0 Å². The Kier molecular flexibility index (Phi) is 3.00. The third kappa shape index (κ3) is 1.82. The lowest BCUT2D eigenvalue weighted by atomic mass is 9.91. The molecule has 0 saturated heterocycles. The van der Waals surface area contributed by atoms with Crippen LogP contribution in [0.3, 0.4) is 0 Å². The van der Waals surface area contributed by atoms with Gasteiger partial charge in [-0.3, -0.25) is 0 Å². The van der Waals surface area contributed by atoms with Gasteiger partial charge in [-0.15, -0.1) is 0 Å². The number of rotatable bonds is 2. The summed E-state index contributed by atoms with van der Waals surface area (Å²) < 4.78 is 0. The van der Waals surface area contributed by atoms with Gasteiger partial charge in [0.25, 0.3) is 0 Å². The number of nitriles is 2. The molecule has 3 heteroatoms. The van der Waals surface area contributed by atoms with Crippen LogP contribution in [-0.4, -0.2) is 0 Å². The van der Waals surface area contributed by atoms with Crippen molar-refractivity contribution in [3.05, 3.63) is 57.8 Å². The number of hydrogen-bond donors (Lipinski definition) is 0. The zero-order valence-electron chi connectivity index (χ0n) is 8.42. The Morgan fingerprint density at radius 2 is 1.94 bits per heavy atom. The van der Waals surface area contributed by atoms with Crippen molar-refractivity contribution in [1.29, 1.82) is 10.5 Å². The first-order chi connectivity index (χ1) is 7.86. The van der Waals surface area contributed by atoms with E-state index in [-0.39, 0.29) is 5.92 Å². The fourth-order valence-electron chi connectivity index (χ4n) is 1.61. The summed E-state index contributed by atoms with van der Waals surface area (Å²) >= 11 is 1.56. The summed E-state index contributed by atoms with van der Waals surface area (Å²) in [5.41, 5.74) is 2.31. The maximum absolute atomic E-state index is 9.22. The van der Waals surface area contributed by atoms with E-state index in [1.54, 1.807) is 17.4 Å². The molecule has 1 heterocycles. The Bertz CT molecular complexity index is 558. The number of thiophene rings is 1. The molecule has 0 aliphatic carbocycles. The van der Waals surface area contributed by atoms with Gasteiger partial charge in [0.2, 0.25) is 0 Å². The fourth-order valence-corrected chi connectivity index (χ4v) is 2.30. The van der Waals surface area contributed by atoms with Crippen LogP contribution in [0.1, 0.15) is 22.6 Å². The zero-order valence-corrected chi connectivity index (χ0v) is 9.24. The summed E-state index contributed by atoms with van der Waals surface area (Å²) in [4.78, 5) is 0. The van der Waals surface area contributed by atoms with Gasteiger partial charge in [-0.25, -0.2) is 0 Å². The molecule has 2 aromatic rings. The molecule has 0 fully saturated rings. The van der Waals surface area contributed by atoms with Gasteiger partial charge in [0.1, 0.15) is 0 Å². The molecule has 0 N–H and O–H groups in total. The largest absolute Gasteiger partial charge is 0.197 e. The van der Waals surface area contributed by atoms with Crippen LogP contribution in [0.25, 0.3) is 0 Å². The third-order valence-electron chi connectivity index (χ3n) is 2.40. The van der Waals surface area contributed by atoms with Gasteiger partial charge in [-0.1, -0.05) is 18.2 Å². The average Bonchev–Trinajstić information content (AvgIpc) is 2.84. The van der Waals surface area contributed by atoms with Crippen molar-refractivity contribution < 1.29 is 0 Å². The highest BCUT2D eigenvalue weighted by Crippen LogP contribution is 2.27. The Balaban J connectivity index is 2.51. The van der Waals surface area contributed by atoms with Gasteiger partial charge < -0.3 is 0 Å². The van der Waals surface area contributed by atoms with E-state index in [0.29, 0.717) is 5.56 Å². The monoisotopic (exact) mass is 224 g/mol. The molecule has 1 aromatic carbocycles. The van der Waals surface area contributed by atoms with Crippen LogP contribution >= 0.6 is 11.3 Å². The number of benzene rings is 1. The number of nitrogens with zero attached hydrogens (tertiary/aromatic N) is 2. The topological polar surface area (TPSA) is 47.6 Å². The lowest BCUT2D eigenvalue weighted by Gasteiger charge is -2.08. The lowest BCUT2D eigenvalue weighted by Crippen LogP contribution is -1.99. The van der Waals surface area contributed by atoms with E-state index in [9.17, 15) is 5.26 Å². The van der Waals surface area contributed by atoms with E-state index in [1.165, 1.54) is 0 Å². The SMILES string of the molecule is N#Cc1ccccc1C(C#N)c1ccsc1. The second-order valence-electron chi connectivity index (χ2n) is 3.32. The van der Waals surface area contributed by atoms with E-state index >= 15 is 0 Å². The Hall–Kier alpha value is -2.10. The first-order valence-corrected chi connectivity index (χ1v) is 5.72. The Labute approximate surface area is 98.0 Å². The summed E-state index contributed by atoms with van der Waals surface area (Å²) in [6.45, 7) is 0. The summed E-state index contributed by atoms with van der Waals surface area (Å²) in [7, 11) is 0. The normalized spacial score (nSPS) is 11.4. The molecule has 76 valence electrons. The molecule has 1 aromatic heterocycles. The average molecular weight is 224 g/mol. The third-order valence-corrected chi connectivity index (χ3v) is 3.10. The molecule has 2 rings (SSSR count). The van der Waals surface area contributed by atoms with Gasteiger partial charge in [0, 0.05) is 0 Å². The summed E-state index contributed by atoms with van der Waals surface area (Å²) in [6.07, 6.45) is 0. The minimum atomic E-state index is -0.345. The quantitative estimate of drug-likeness (QED) is 0.786. The van der Waals surface area contributed by atoms with Gasteiger partial charge in [-0.05, 0) is 34.0 Å². The minimum Gasteiger partial charge on any atom is -0.197 e. The van der Waals surface area contributed by atoms with E-state index in [4.69, 9.17) is 5.26 Å². The molecule has 0 aliphatic rings. The summed E-state index contributed by atoms with van der Waals surface area (Å²) in [5, 5.41) is 22.1. The first-order valence-electron chi connectivity index (χ1n) is 4.77. The minimum absolute atomic E-state index is 0.345. The van der Waals surface area contributed by atoms with E-state index in [0.717, 1.165) is 11.1 Å². The molecular weight excluding hydrogens is 216 g/mol. The molecule has 0 aliphatic heterocycles. The molecule has 1 unspecified atom stereocenters. The van der Waals surface area contributed by atoms with Crippen molar-refractivity contribution in [2.24, 2.45) is 0 Å². The second kappa shape index (κ2) is 4.61. The van der Waals surface area contributed by atoms with Gasteiger partial charge >= 0.3 is 0 Å². The van der Waals surface area contributed by atoms with Crippen molar-refractivity contribution >= 4 is 11.3 Å². The Morgan fingerprint density at radius 1 is 1.12 bits per heavy atom. The molecule has 0 spiro atoms. The number of hydrogen-bond acceptors (Lipinski definition) is 3. The van der Waals surface area contributed by atoms with Crippen molar-refractivity contribution in [3.8, 4) is 12.1 Å². The summed E-state index contributed by atoms with van der Waals surface area (Å²) in [6, 6.07) is 13.5. The lowest BCUT2D eigenvalue weighted by molar-refractivity contribution is 1.04. The predicted octanol–water partition coefficient (Wildman–Crippen LogP) is 3.28. The smallest absolute Gasteiger partial charge is 0.0995 e. The second-order valence-corrected chi connectivity index (χ2v) is 4.10. The molecule has 1 atom stereocenters. The molecule has 0 saturated carbocycles. The van der Waals surface area contributed by atoms with E-state index < -0.39 is 0 Å². The zero-order chi connectivity index (χ0) is 11.4. The standard InChI is InChI=1S/C13H8N2S/c14-7-10-3-1-2-4-12(10)13(8-15)11-5-6-16-9-11/h1-6,9,13H. The van der Waals surface area contributed by atoms with Crippen LogP contribution in [0.15, 0.2) is 41.1 Å². The molecule has 16 heavy (non-hydrogen) atoms. The van der Waals surface area contributed by atoms with Crippen molar-refractivity contribution in [1.82, 2.24) is 0 Å². The van der Waals surface area contributed by atoms with Gasteiger partial charge in [-0.2, -0.15) is 21.9 Å². The van der Waals surface area contributed by atoms with Crippen molar-refractivity contribution in [3.63, 3.8) is 0 Å². The molecule has 0 bridgehead atoms. The van der Waals surface area contributed by atoms with Crippen molar-refractivity contribution in [2.75, 3.05) is 0 Å². The molecule has 2 nitrogen and oxygen atoms in total. The van der Waals surface area contributed by atoms with Crippen LogP contribution in [0, 0.1) is 22.7 Å². The highest BCUT2D eigenvalue weighted by atomic mass is 32.1.